The molecule has 0 heterocycles. The number of hydrogen-bond acceptors (Lipinski definition) is 5. The van der Waals surface area contributed by atoms with Crippen molar-refractivity contribution in [3.8, 4) is 11.5 Å². The minimum absolute atomic E-state index is 0.141. The fourth-order valence-corrected chi connectivity index (χ4v) is 4.51. The van der Waals surface area contributed by atoms with Crippen LogP contribution in [0.1, 0.15) is 87.6 Å². The molecule has 2 aromatic carbocycles. The van der Waals surface area contributed by atoms with Gasteiger partial charge in [0.15, 0.2) is 6.17 Å². The zero-order chi connectivity index (χ0) is 26.6. The first-order chi connectivity index (χ1) is 17.9. The van der Waals surface area contributed by atoms with Gasteiger partial charge in [-0.05, 0) is 87.1 Å². The first-order valence-corrected chi connectivity index (χ1v) is 13.5. The summed E-state index contributed by atoms with van der Waals surface area (Å²) in [5, 5.41) is 0. The van der Waals surface area contributed by atoms with E-state index in [0.717, 1.165) is 56.9 Å². The second-order valence-electron chi connectivity index (χ2n) is 9.75. The summed E-state index contributed by atoms with van der Waals surface area (Å²) in [4.78, 5) is 24.3. The van der Waals surface area contributed by atoms with Crippen LogP contribution < -0.4 is 9.47 Å². The molecule has 1 atom stereocenters. The maximum absolute atomic E-state index is 14.3. The molecule has 1 saturated carbocycles. The Kier molecular flexibility index (Phi) is 11.4. The maximum atomic E-state index is 14.3. The molecule has 2 aromatic rings. The van der Waals surface area contributed by atoms with Gasteiger partial charge in [0, 0.05) is 6.07 Å². The molecule has 0 amide bonds. The SMILES string of the molecule is CCCC[C@H](F)C(=O)OC1CCC(CCc2ccc(OC(=O)c3ccc(OCCC)cc3F)cc2)CC1. The summed E-state index contributed by atoms with van der Waals surface area (Å²) in [6.07, 6.45) is 6.22. The monoisotopic (exact) mass is 516 g/mol. The number of aryl methyl sites for hydroxylation is 1. The zero-order valence-corrected chi connectivity index (χ0v) is 21.8. The Morgan fingerprint density at radius 1 is 0.973 bits per heavy atom. The highest BCUT2D eigenvalue weighted by atomic mass is 19.1. The van der Waals surface area contributed by atoms with E-state index in [1.165, 1.54) is 12.1 Å². The third kappa shape index (κ3) is 9.13. The van der Waals surface area contributed by atoms with Gasteiger partial charge in [-0.1, -0.05) is 38.8 Å². The zero-order valence-electron chi connectivity index (χ0n) is 21.8. The van der Waals surface area contributed by atoms with Crippen molar-refractivity contribution in [2.75, 3.05) is 6.61 Å². The number of rotatable bonds is 13. The predicted molar refractivity (Wildman–Crippen MR) is 138 cm³/mol. The van der Waals surface area contributed by atoms with Crippen molar-refractivity contribution in [3.05, 3.63) is 59.4 Å². The van der Waals surface area contributed by atoms with Crippen LogP contribution in [0.15, 0.2) is 42.5 Å². The highest BCUT2D eigenvalue weighted by molar-refractivity contribution is 5.91. The molecule has 0 spiro atoms. The van der Waals surface area contributed by atoms with E-state index in [2.05, 4.69) is 0 Å². The van der Waals surface area contributed by atoms with Gasteiger partial charge in [0.2, 0.25) is 0 Å². The molecule has 1 aliphatic rings. The minimum Gasteiger partial charge on any atom is -0.494 e. The fourth-order valence-electron chi connectivity index (χ4n) is 4.51. The summed E-state index contributed by atoms with van der Waals surface area (Å²) in [6, 6.07) is 11.4. The highest BCUT2D eigenvalue weighted by Crippen LogP contribution is 2.30. The van der Waals surface area contributed by atoms with Crippen LogP contribution in [0, 0.1) is 11.7 Å². The lowest BCUT2D eigenvalue weighted by Crippen LogP contribution is -2.29. The van der Waals surface area contributed by atoms with Gasteiger partial charge in [0.05, 0.1) is 12.2 Å². The van der Waals surface area contributed by atoms with Crippen molar-refractivity contribution in [3.63, 3.8) is 0 Å². The number of carbonyl (C=O) groups excluding carboxylic acids is 2. The number of unbranched alkanes of at least 4 members (excludes halogenated alkanes) is 1. The van der Waals surface area contributed by atoms with Gasteiger partial charge in [0.1, 0.15) is 23.4 Å². The average Bonchev–Trinajstić information content (AvgIpc) is 2.90. The van der Waals surface area contributed by atoms with Crippen molar-refractivity contribution in [1.82, 2.24) is 0 Å². The quantitative estimate of drug-likeness (QED) is 0.205. The van der Waals surface area contributed by atoms with E-state index < -0.39 is 23.9 Å². The van der Waals surface area contributed by atoms with Crippen LogP contribution in [0.3, 0.4) is 0 Å². The van der Waals surface area contributed by atoms with E-state index in [-0.39, 0.29) is 18.1 Å². The number of halogens is 2. The molecule has 0 bridgehead atoms. The first kappa shape index (κ1) is 28.6. The van der Waals surface area contributed by atoms with Crippen LogP contribution in [0.2, 0.25) is 0 Å². The summed E-state index contributed by atoms with van der Waals surface area (Å²) < 4.78 is 44.3. The molecular weight excluding hydrogens is 478 g/mol. The fraction of sp³-hybridized carbons (Fsp3) is 0.533. The number of esters is 2. The summed E-state index contributed by atoms with van der Waals surface area (Å²) in [5.41, 5.74) is 0.977. The Morgan fingerprint density at radius 3 is 2.32 bits per heavy atom. The molecule has 1 aliphatic carbocycles. The third-order valence-electron chi connectivity index (χ3n) is 6.75. The van der Waals surface area contributed by atoms with Crippen molar-refractivity contribution >= 4 is 11.9 Å². The molecule has 3 rings (SSSR count). The smallest absolute Gasteiger partial charge is 0.346 e. The molecule has 0 aromatic heterocycles. The Morgan fingerprint density at radius 2 is 1.68 bits per heavy atom. The maximum Gasteiger partial charge on any atom is 0.346 e. The Labute approximate surface area is 218 Å². The minimum atomic E-state index is -1.51. The van der Waals surface area contributed by atoms with Gasteiger partial charge in [-0.25, -0.2) is 18.4 Å². The lowest BCUT2D eigenvalue weighted by Gasteiger charge is -2.28. The van der Waals surface area contributed by atoms with Crippen molar-refractivity contribution < 1.29 is 32.6 Å². The van der Waals surface area contributed by atoms with Gasteiger partial charge in [0.25, 0.3) is 0 Å². The molecule has 0 radical (unpaired) electrons. The van der Waals surface area contributed by atoms with Gasteiger partial charge in [-0.2, -0.15) is 0 Å². The highest BCUT2D eigenvalue weighted by Gasteiger charge is 2.27. The topological polar surface area (TPSA) is 61.8 Å². The van der Waals surface area contributed by atoms with Gasteiger partial charge in [-0.15, -0.1) is 0 Å². The van der Waals surface area contributed by atoms with Gasteiger partial charge >= 0.3 is 11.9 Å². The lowest BCUT2D eigenvalue weighted by atomic mass is 9.83. The van der Waals surface area contributed by atoms with E-state index in [9.17, 15) is 18.4 Å². The van der Waals surface area contributed by atoms with Crippen LogP contribution in [0.25, 0.3) is 0 Å². The van der Waals surface area contributed by atoms with Crippen LogP contribution in [-0.2, 0) is 16.0 Å². The number of hydrogen-bond donors (Lipinski definition) is 0. The second-order valence-corrected chi connectivity index (χ2v) is 9.75. The lowest BCUT2D eigenvalue weighted by molar-refractivity contribution is -0.157. The average molecular weight is 517 g/mol. The molecule has 0 unspecified atom stereocenters. The molecule has 0 aliphatic heterocycles. The number of benzene rings is 2. The normalized spacial score (nSPS) is 18.2. The largest absolute Gasteiger partial charge is 0.494 e. The molecule has 5 nitrogen and oxygen atoms in total. The molecule has 7 heteroatoms. The Balaban J connectivity index is 1.40. The summed E-state index contributed by atoms with van der Waals surface area (Å²) in [6.45, 7) is 4.40. The van der Waals surface area contributed by atoms with Crippen LogP contribution in [0.4, 0.5) is 8.78 Å². The number of ether oxygens (including phenoxy) is 3. The van der Waals surface area contributed by atoms with Crippen LogP contribution in [-0.4, -0.2) is 30.8 Å². The van der Waals surface area contributed by atoms with Crippen molar-refractivity contribution in [1.29, 1.82) is 0 Å². The van der Waals surface area contributed by atoms with Crippen LogP contribution in [0.5, 0.6) is 11.5 Å². The van der Waals surface area contributed by atoms with Gasteiger partial charge in [-0.3, -0.25) is 0 Å². The molecule has 0 N–H and O–H groups in total. The Bertz CT molecular complexity index is 1000. The summed E-state index contributed by atoms with van der Waals surface area (Å²) in [5.74, 6) is -0.883. The molecular formula is C30H38F2O5. The number of carbonyl (C=O) groups is 2. The Hall–Kier alpha value is -2.96. The molecule has 202 valence electrons. The van der Waals surface area contributed by atoms with Crippen molar-refractivity contribution in [2.24, 2.45) is 5.92 Å². The summed E-state index contributed by atoms with van der Waals surface area (Å²) >= 11 is 0. The van der Waals surface area contributed by atoms with E-state index in [1.54, 1.807) is 18.2 Å². The first-order valence-electron chi connectivity index (χ1n) is 13.5. The third-order valence-corrected chi connectivity index (χ3v) is 6.75. The second kappa shape index (κ2) is 14.7. The van der Waals surface area contributed by atoms with E-state index >= 15 is 0 Å². The summed E-state index contributed by atoms with van der Waals surface area (Å²) in [7, 11) is 0. The molecule has 37 heavy (non-hydrogen) atoms. The van der Waals surface area contributed by atoms with E-state index in [1.807, 2.05) is 26.0 Å². The molecule has 0 saturated heterocycles. The molecule has 1 fully saturated rings. The standard InChI is InChI=1S/C30H38F2O5/c1-3-5-6-27(31)30(34)37-24-15-11-22(12-16-24)8-7-21-9-13-23(14-10-21)36-29(33)26-18-17-25(20-28(26)32)35-19-4-2/h9-10,13-14,17-18,20,22,24,27H,3-8,11-12,15-16,19H2,1-2H3/t22?,24?,27-/m0/s1. The van der Waals surface area contributed by atoms with E-state index in [0.29, 0.717) is 30.4 Å². The van der Waals surface area contributed by atoms with Gasteiger partial charge < -0.3 is 14.2 Å². The van der Waals surface area contributed by atoms with E-state index in [4.69, 9.17) is 14.2 Å². The van der Waals surface area contributed by atoms with Crippen molar-refractivity contribution in [2.45, 2.75) is 90.3 Å². The van der Waals surface area contributed by atoms with Crippen LogP contribution >= 0.6 is 0 Å². The number of alkyl halides is 1. The predicted octanol–water partition coefficient (Wildman–Crippen LogP) is 7.40.